The standard InChI is InChI=1S/C19H23F3N2O2/c1-13-3-4-15(11-16(13)19(20,21)22)17(26)23-8-5-18(6-9-23)7-10-24(12-18)14(2)25/h3-4,11H,5-10,12H2,1-2H3. The molecule has 142 valence electrons. The van der Waals surface area contributed by atoms with Crippen LogP contribution in [-0.2, 0) is 11.0 Å². The summed E-state index contributed by atoms with van der Waals surface area (Å²) in [6.45, 7) is 5.44. The van der Waals surface area contributed by atoms with Crippen LogP contribution in [0.15, 0.2) is 18.2 Å². The van der Waals surface area contributed by atoms with Crippen molar-refractivity contribution in [2.24, 2.45) is 5.41 Å². The van der Waals surface area contributed by atoms with E-state index < -0.39 is 11.7 Å². The maximum Gasteiger partial charge on any atom is 0.416 e. The van der Waals surface area contributed by atoms with Gasteiger partial charge in [-0.2, -0.15) is 13.2 Å². The van der Waals surface area contributed by atoms with Gasteiger partial charge in [0.25, 0.3) is 5.91 Å². The molecule has 3 rings (SSSR count). The van der Waals surface area contributed by atoms with Gasteiger partial charge in [0.2, 0.25) is 5.91 Å². The number of hydrogen-bond donors (Lipinski definition) is 0. The van der Waals surface area contributed by atoms with Crippen molar-refractivity contribution >= 4 is 11.8 Å². The molecule has 0 atom stereocenters. The lowest BCUT2D eigenvalue weighted by Gasteiger charge is -2.39. The molecule has 7 heteroatoms. The fourth-order valence-electron chi connectivity index (χ4n) is 4.04. The van der Waals surface area contributed by atoms with Crippen LogP contribution in [0.25, 0.3) is 0 Å². The van der Waals surface area contributed by atoms with Gasteiger partial charge in [-0.3, -0.25) is 9.59 Å². The first-order chi connectivity index (χ1) is 12.1. The van der Waals surface area contributed by atoms with Crippen molar-refractivity contribution in [3.63, 3.8) is 0 Å². The summed E-state index contributed by atoms with van der Waals surface area (Å²) in [4.78, 5) is 27.7. The van der Waals surface area contributed by atoms with Crippen LogP contribution >= 0.6 is 0 Å². The van der Waals surface area contributed by atoms with Crippen LogP contribution in [0, 0.1) is 12.3 Å². The number of aryl methyl sites for hydroxylation is 1. The zero-order valence-electron chi connectivity index (χ0n) is 15.0. The third kappa shape index (κ3) is 3.57. The number of likely N-dealkylation sites (tertiary alicyclic amines) is 2. The molecule has 1 aromatic carbocycles. The number of carbonyl (C=O) groups is 2. The molecule has 1 aromatic rings. The van der Waals surface area contributed by atoms with Crippen LogP contribution < -0.4 is 0 Å². The van der Waals surface area contributed by atoms with Crippen LogP contribution in [0.5, 0.6) is 0 Å². The number of hydrogen-bond acceptors (Lipinski definition) is 2. The lowest BCUT2D eigenvalue weighted by atomic mass is 9.77. The molecule has 0 unspecified atom stereocenters. The second-order valence-corrected chi connectivity index (χ2v) is 7.51. The number of amides is 2. The average Bonchev–Trinajstić information content (AvgIpc) is 2.98. The molecule has 0 saturated carbocycles. The van der Waals surface area contributed by atoms with Gasteiger partial charge in [-0.25, -0.2) is 0 Å². The van der Waals surface area contributed by atoms with E-state index in [2.05, 4.69) is 0 Å². The second-order valence-electron chi connectivity index (χ2n) is 7.51. The fourth-order valence-corrected chi connectivity index (χ4v) is 4.04. The third-order valence-corrected chi connectivity index (χ3v) is 5.78. The Morgan fingerprint density at radius 2 is 1.62 bits per heavy atom. The van der Waals surface area contributed by atoms with Gasteiger partial charge in [0.15, 0.2) is 0 Å². The summed E-state index contributed by atoms with van der Waals surface area (Å²) >= 11 is 0. The first-order valence-corrected chi connectivity index (χ1v) is 8.84. The maximum atomic E-state index is 13.1. The van der Waals surface area contributed by atoms with Crippen molar-refractivity contribution < 1.29 is 22.8 Å². The van der Waals surface area contributed by atoms with E-state index in [1.165, 1.54) is 19.1 Å². The highest BCUT2D eigenvalue weighted by Gasteiger charge is 2.42. The van der Waals surface area contributed by atoms with E-state index in [-0.39, 0.29) is 28.4 Å². The number of carbonyl (C=O) groups excluding carboxylic acids is 2. The summed E-state index contributed by atoms with van der Waals surface area (Å²) in [7, 11) is 0. The van der Waals surface area contributed by atoms with Gasteiger partial charge in [0.1, 0.15) is 0 Å². The minimum Gasteiger partial charge on any atom is -0.342 e. The maximum absolute atomic E-state index is 13.1. The Morgan fingerprint density at radius 1 is 1.04 bits per heavy atom. The largest absolute Gasteiger partial charge is 0.416 e. The molecule has 0 radical (unpaired) electrons. The Hall–Kier alpha value is -2.05. The molecule has 2 heterocycles. The number of piperidine rings is 1. The van der Waals surface area contributed by atoms with E-state index in [9.17, 15) is 22.8 Å². The summed E-state index contributed by atoms with van der Waals surface area (Å²) in [5, 5.41) is 0. The molecule has 2 fully saturated rings. The first-order valence-electron chi connectivity index (χ1n) is 8.84. The Morgan fingerprint density at radius 3 is 2.12 bits per heavy atom. The minimum absolute atomic E-state index is 0.0485. The summed E-state index contributed by atoms with van der Waals surface area (Å²) in [5.74, 6) is -0.286. The van der Waals surface area contributed by atoms with Crippen LogP contribution in [0.1, 0.15) is 47.7 Å². The Labute approximate surface area is 151 Å². The molecule has 0 aromatic heterocycles. The molecule has 4 nitrogen and oxygen atoms in total. The molecular weight excluding hydrogens is 345 g/mol. The van der Waals surface area contributed by atoms with Crippen LogP contribution in [0.3, 0.4) is 0 Å². The fraction of sp³-hybridized carbons (Fsp3) is 0.579. The van der Waals surface area contributed by atoms with Gasteiger partial charge in [0, 0.05) is 38.7 Å². The van der Waals surface area contributed by atoms with Gasteiger partial charge in [0.05, 0.1) is 5.56 Å². The SMILES string of the molecule is CC(=O)N1CCC2(CCN(C(=O)c3ccc(C)c(C(F)(F)F)c3)CC2)C1. The monoisotopic (exact) mass is 368 g/mol. The molecule has 0 N–H and O–H groups in total. The van der Waals surface area contributed by atoms with Crippen molar-refractivity contribution in [1.82, 2.24) is 9.80 Å². The highest BCUT2D eigenvalue weighted by Crippen LogP contribution is 2.40. The highest BCUT2D eigenvalue weighted by atomic mass is 19.4. The number of alkyl halides is 3. The average molecular weight is 368 g/mol. The Balaban J connectivity index is 1.69. The first kappa shape index (κ1) is 18.7. The van der Waals surface area contributed by atoms with E-state index in [0.29, 0.717) is 19.6 Å². The molecule has 2 aliphatic heterocycles. The molecule has 2 saturated heterocycles. The molecule has 0 bridgehead atoms. The van der Waals surface area contributed by atoms with Crippen molar-refractivity contribution in [2.75, 3.05) is 26.2 Å². The van der Waals surface area contributed by atoms with E-state index >= 15 is 0 Å². The van der Waals surface area contributed by atoms with Gasteiger partial charge < -0.3 is 9.80 Å². The third-order valence-electron chi connectivity index (χ3n) is 5.78. The van der Waals surface area contributed by atoms with Gasteiger partial charge in [-0.05, 0) is 49.3 Å². The molecule has 2 amide bonds. The van der Waals surface area contributed by atoms with E-state index in [4.69, 9.17) is 0 Å². The molecule has 2 aliphatic rings. The molecular formula is C19H23F3N2O2. The zero-order valence-corrected chi connectivity index (χ0v) is 15.0. The quantitative estimate of drug-likeness (QED) is 0.761. The predicted molar refractivity (Wildman–Crippen MR) is 90.6 cm³/mol. The van der Waals surface area contributed by atoms with Crippen LogP contribution in [-0.4, -0.2) is 47.8 Å². The van der Waals surface area contributed by atoms with Gasteiger partial charge >= 0.3 is 6.18 Å². The summed E-state index contributed by atoms with van der Waals surface area (Å²) < 4.78 is 39.2. The lowest BCUT2D eigenvalue weighted by Crippen LogP contribution is -2.44. The topological polar surface area (TPSA) is 40.6 Å². The number of halogens is 3. The van der Waals surface area contributed by atoms with Crippen molar-refractivity contribution in [2.45, 2.75) is 39.3 Å². The second kappa shape index (κ2) is 6.59. The van der Waals surface area contributed by atoms with E-state index in [0.717, 1.165) is 31.9 Å². The van der Waals surface area contributed by atoms with Crippen LogP contribution in [0.2, 0.25) is 0 Å². The van der Waals surface area contributed by atoms with Crippen molar-refractivity contribution in [3.05, 3.63) is 34.9 Å². The minimum atomic E-state index is -4.47. The van der Waals surface area contributed by atoms with Gasteiger partial charge in [-0.15, -0.1) is 0 Å². The van der Waals surface area contributed by atoms with Crippen LogP contribution in [0.4, 0.5) is 13.2 Å². The Bertz CT molecular complexity index is 722. The highest BCUT2D eigenvalue weighted by molar-refractivity contribution is 5.94. The van der Waals surface area contributed by atoms with Crippen molar-refractivity contribution in [1.29, 1.82) is 0 Å². The smallest absolute Gasteiger partial charge is 0.342 e. The number of nitrogens with zero attached hydrogens (tertiary/aromatic N) is 2. The summed E-state index contributed by atoms with van der Waals surface area (Å²) in [6, 6.07) is 3.77. The van der Waals surface area contributed by atoms with Gasteiger partial charge in [-0.1, -0.05) is 6.07 Å². The Kier molecular flexibility index (Phi) is 4.75. The lowest BCUT2D eigenvalue weighted by molar-refractivity contribution is -0.138. The normalized spacial score (nSPS) is 19.9. The summed E-state index contributed by atoms with van der Waals surface area (Å²) in [6.07, 6.45) is -1.98. The van der Waals surface area contributed by atoms with E-state index in [1.54, 1.807) is 11.8 Å². The summed E-state index contributed by atoms with van der Waals surface area (Å²) in [5.41, 5.74) is -0.519. The zero-order chi connectivity index (χ0) is 19.1. The molecule has 26 heavy (non-hydrogen) atoms. The molecule has 1 spiro atoms. The predicted octanol–water partition coefficient (Wildman–Crippen LogP) is 3.49. The number of rotatable bonds is 1. The molecule has 0 aliphatic carbocycles. The van der Waals surface area contributed by atoms with Crippen molar-refractivity contribution in [3.8, 4) is 0 Å². The number of benzene rings is 1. The van der Waals surface area contributed by atoms with E-state index in [1.807, 2.05) is 4.90 Å².